The van der Waals surface area contributed by atoms with Crippen LogP contribution in [0.4, 0.5) is 17.1 Å². The zero-order valence-corrected chi connectivity index (χ0v) is 25.1. The summed E-state index contributed by atoms with van der Waals surface area (Å²) in [4.78, 5) is 81.9. The molecule has 3 amide bonds. The third-order valence-electron chi connectivity index (χ3n) is 7.39. The Hall–Kier alpha value is -5.15. The number of benzene rings is 2. The predicted molar refractivity (Wildman–Crippen MR) is 164 cm³/mol. The predicted octanol–water partition coefficient (Wildman–Crippen LogP) is 3.82. The highest BCUT2D eigenvalue weighted by atomic mass is 32.2. The molecule has 45 heavy (non-hydrogen) atoms. The molecular formula is C30H23N5O8S2. The Balaban J connectivity index is 1.31. The number of hydrogen-bond donors (Lipinski definition) is 1. The summed E-state index contributed by atoms with van der Waals surface area (Å²) in [7, 11) is 0. The number of nitrogens with zero attached hydrogens (tertiary/aromatic N) is 4. The lowest BCUT2D eigenvalue weighted by Gasteiger charge is -2.30. The molecule has 1 saturated heterocycles. The quantitative estimate of drug-likeness (QED) is 0.129. The first-order chi connectivity index (χ1) is 21.7. The molecule has 0 bridgehead atoms. The fourth-order valence-corrected chi connectivity index (χ4v) is 8.17. The number of carbonyl (C=O) groups excluding carboxylic acids is 4. The summed E-state index contributed by atoms with van der Waals surface area (Å²) >= 11 is 1.95. The van der Waals surface area contributed by atoms with Gasteiger partial charge in [0.1, 0.15) is 11.8 Å². The van der Waals surface area contributed by atoms with Crippen molar-refractivity contribution in [1.29, 1.82) is 0 Å². The molecule has 2 aromatic carbocycles. The molecule has 0 aliphatic carbocycles. The second-order valence-electron chi connectivity index (χ2n) is 10.1. The monoisotopic (exact) mass is 645 g/mol. The van der Waals surface area contributed by atoms with E-state index in [1.165, 1.54) is 41.0 Å². The van der Waals surface area contributed by atoms with Crippen molar-refractivity contribution in [3.63, 3.8) is 0 Å². The highest BCUT2D eigenvalue weighted by Gasteiger charge is 2.57. The van der Waals surface area contributed by atoms with Gasteiger partial charge >= 0.3 is 10.8 Å². The lowest BCUT2D eigenvalue weighted by molar-refractivity contribution is -0.384. The van der Waals surface area contributed by atoms with E-state index in [-0.39, 0.29) is 24.5 Å². The minimum Gasteiger partial charge on any atom is -0.462 e. The Kier molecular flexibility index (Phi) is 8.03. The average Bonchev–Trinajstić information content (AvgIpc) is 3.48. The SMILES string of the molecule is CCOC(=O)c1ccc(NC(=O)Cn2c3c(sc2=O)[C@H](c2cccnc2)C2C(=O)N(c4ccc([N+](=O)[O-])cc4)C(=O)C2S3)cc1. The Morgan fingerprint density at radius 2 is 1.78 bits per heavy atom. The minimum absolute atomic E-state index is 0.183. The van der Waals surface area contributed by atoms with Gasteiger partial charge in [0.15, 0.2) is 0 Å². The maximum Gasteiger partial charge on any atom is 0.338 e. The number of pyridine rings is 1. The van der Waals surface area contributed by atoms with Crippen LogP contribution in [-0.2, 0) is 25.7 Å². The van der Waals surface area contributed by atoms with Crippen molar-refractivity contribution in [3.05, 3.63) is 109 Å². The first-order valence-electron chi connectivity index (χ1n) is 13.7. The number of imide groups is 1. The van der Waals surface area contributed by atoms with Gasteiger partial charge in [-0.15, -0.1) is 0 Å². The fraction of sp³-hybridized carbons (Fsp3) is 0.200. The summed E-state index contributed by atoms with van der Waals surface area (Å²) in [5.74, 6) is -3.60. The van der Waals surface area contributed by atoms with Crippen molar-refractivity contribution in [2.24, 2.45) is 5.92 Å². The number of nitrogens with one attached hydrogen (secondary N) is 1. The maximum absolute atomic E-state index is 13.9. The summed E-state index contributed by atoms with van der Waals surface area (Å²) in [6.07, 6.45) is 3.15. The van der Waals surface area contributed by atoms with Crippen LogP contribution < -0.4 is 15.1 Å². The van der Waals surface area contributed by atoms with Crippen molar-refractivity contribution < 1.29 is 28.8 Å². The smallest absolute Gasteiger partial charge is 0.338 e. The highest BCUT2D eigenvalue weighted by molar-refractivity contribution is 8.00. The molecule has 0 spiro atoms. The van der Waals surface area contributed by atoms with Crippen LogP contribution in [0.15, 0.2) is 82.9 Å². The number of fused-ring (bicyclic) bond motifs is 2. The van der Waals surface area contributed by atoms with Crippen LogP contribution in [-0.4, -0.2) is 50.0 Å². The van der Waals surface area contributed by atoms with E-state index in [9.17, 15) is 34.1 Å². The lowest BCUT2D eigenvalue weighted by Crippen LogP contribution is -2.33. The van der Waals surface area contributed by atoms with Gasteiger partial charge in [-0.1, -0.05) is 29.2 Å². The number of amides is 3. The van der Waals surface area contributed by atoms with Gasteiger partial charge in [-0.2, -0.15) is 0 Å². The first kappa shape index (κ1) is 29.9. The molecule has 2 aromatic heterocycles. The summed E-state index contributed by atoms with van der Waals surface area (Å²) in [5.41, 5.74) is 1.37. The number of aromatic nitrogens is 2. The van der Waals surface area contributed by atoms with Gasteiger partial charge in [0, 0.05) is 41.0 Å². The number of hydrogen-bond acceptors (Lipinski definition) is 11. The van der Waals surface area contributed by atoms with Crippen LogP contribution in [0, 0.1) is 16.0 Å². The minimum atomic E-state index is -0.927. The maximum atomic E-state index is 13.9. The van der Waals surface area contributed by atoms with E-state index in [1.54, 1.807) is 43.6 Å². The molecule has 1 N–H and O–H groups in total. The molecule has 15 heteroatoms. The van der Waals surface area contributed by atoms with Gasteiger partial charge in [0.2, 0.25) is 17.7 Å². The number of rotatable bonds is 8. The Labute approximate surface area is 263 Å². The molecular weight excluding hydrogens is 622 g/mol. The van der Waals surface area contributed by atoms with Gasteiger partial charge < -0.3 is 10.1 Å². The fourth-order valence-electron chi connectivity index (χ4n) is 5.40. The van der Waals surface area contributed by atoms with E-state index in [0.717, 1.165) is 28.0 Å². The third-order valence-corrected chi connectivity index (χ3v) is 10.00. The van der Waals surface area contributed by atoms with Crippen molar-refractivity contribution in [2.45, 2.75) is 29.7 Å². The molecule has 6 rings (SSSR count). The number of nitro benzene ring substituents is 1. The number of thioether (sulfide) groups is 1. The molecule has 4 heterocycles. The highest BCUT2D eigenvalue weighted by Crippen LogP contribution is 2.53. The van der Waals surface area contributed by atoms with Crippen LogP contribution in [0.25, 0.3) is 0 Å². The van der Waals surface area contributed by atoms with E-state index < -0.39 is 50.6 Å². The van der Waals surface area contributed by atoms with Crippen LogP contribution >= 0.6 is 23.1 Å². The molecule has 3 atom stereocenters. The number of nitro groups is 1. The van der Waals surface area contributed by atoms with Gasteiger partial charge in [0.05, 0.1) is 33.7 Å². The standard InChI is InChI=1S/C30H23N5O8S2/c1-2-43-29(39)16-5-7-18(8-6-16)32-21(36)15-33-28-25(45-30(33)40)22(17-4-3-13-31-14-17)23-24(44-28)27(38)34(26(23)37)19-9-11-20(12-10-19)35(41)42/h3-14,22-24H,2,15H2,1H3,(H,32,36)/t22-,23?,24?/m1/s1. The van der Waals surface area contributed by atoms with Crippen molar-refractivity contribution >= 4 is 63.9 Å². The first-order valence-corrected chi connectivity index (χ1v) is 15.4. The van der Waals surface area contributed by atoms with Crippen molar-refractivity contribution in [1.82, 2.24) is 9.55 Å². The molecule has 4 aromatic rings. The summed E-state index contributed by atoms with van der Waals surface area (Å²) in [6.45, 7) is 1.57. The third kappa shape index (κ3) is 5.51. The van der Waals surface area contributed by atoms with E-state index in [2.05, 4.69) is 10.3 Å². The van der Waals surface area contributed by atoms with Crippen LogP contribution in [0.5, 0.6) is 0 Å². The second-order valence-corrected chi connectivity index (χ2v) is 12.2. The van der Waals surface area contributed by atoms with E-state index in [1.807, 2.05) is 0 Å². The Morgan fingerprint density at radius 1 is 1.04 bits per heavy atom. The zero-order valence-electron chi connectivity index (χ0n) is 23.4. The van der Waals surface area contributed by atoms with Crippen molar-refractivity contribution in [3.8, 4) is 0 Å². The number of carbonyl (C=O) groups is 4. The Morgan fingerprint density at radius 3 is 2.42 bits per heavy atom. The summed E-state index contributed by atoms with van der Waals surface area (Å²) in [5, 5.41) is 13.3. The lowest BCUT2D eigenvalue weighted by atomic mass is 9.84. The molecule has 13 nitrogen and oxygen atoms in total. The molecule has 2 unspecified atom stereocenters. The number of esters is 1. The molecule has 2 aliphatic rings. The van der Waals surface area contributed by atoms with Crippen molar-refractivity contribution in [2.75, 3.05) is 16.8 Å². The topological polar surface area (TPSA) is 171 Å². The van der Waals surface area contributed by atoms with E-state index >= 15 is 0 Å². The van der Waals surface area contributed by atoms with Crippen LogP contribution in [0.3, 0.4) is 0 Å². The van der Waals surface area contributed by atoms with Gasteiger partial charge in [-0.05, 0) is 55.0 Å². The second kappa shape index (κ2) is 12.1. The van der Waals surface area contributed by atoms with E-state index in [0.29, 0.717) is 26.7 Å². The number of ether oxygens (including phenoxy) is 1. The number of non-ortho nitro benzene ring substituents is 1. The molecule has 1 fully saturated rings. The average molecular weight is 646 g/mol. The van der Waals surface area contributed by atoms with Crippen LogP contribution in [0.1, 0.15) is 33.6 Å². The molecule has 228 valence electrons. The summed E-state index contributed by atoms with van der Waals surface area (Å²) < 4.78 is 6.26. The summed E-state index contributed by atoms with van der Waals surface area (Å²) in [6, 6.07) is 14.7. The molecule has 0 saturated carbocycles. The molecule has 0 radical (unpaired) electrons. The number of thiazole rings is 1. The Bertz CT molecular complexity index is 1890. The van der Waals surface area contributed by atoms with Gasteiger partial charge in [-0.25, -0.2) is 9.69 Å². The van der Waals surface area contributed by atoms with Gasteiger partial charge in [0.25, 0.3) is 5.69 Å². The van der Waals surface area contributed by atoms with Gasteiger partial charge in [-0.3, -0.25) is 38.8 Å². The van der Waals surface area contributed by atoms with Crippen LogP contribution in [0.2, 0.25) is 0 Å². The number of anilines is 2. The zero-order chi connectivity index (χ0) is 31.8. The van der Waals surface area contributed by atoms with E-state index in [4.69, 9.17) is 4.74 Å². The normalized spacial score (nSPS) is 18.7. The molecule has 2 aliphatic heterocycles. The largest absolute Gasteiger partial charge is 0.462 e.